The van der Waals surface area contributed by atoms with Crippen molar-refractivity contribution >= 4 is 11.9 Å². The smallest absolute Gasteiger partial charge is 0.331 e. The van der Waals surface area contributed by atoms with Gasteiger partial charge in [0, 0.05) is 72.2 Å². The van der Waals surface area contributed by atoms with Crippen LogP contribution in [0.5, 0.6) is 11.5 Å². The summed E-state index contributed by atoms with van der Waals surface area (Å²) in [7, 11) is 0. The monoisotopic (exact) mass is 646 g/mol. The summed E-state index contributed by atoms with van der Waals surface area (Å²) < 4.78 is 23.5. The van der Waals surface area contributed by atoms with Gasteiger partial charge in [0.2, 0.25) is 0 Å². The maximum atomic E-state index is 12.8. The second-order valence-electron chi connectivity index (χ2n) is 11.4. The van der Waals surface area contributed by atoms with Crippen LogP contribution in [0.1, 0.15) is 27.7 Å². The summed E-state index contributed by atoms with van der Waals surface area (Å²) in [5, 5.41) is 6.56. The minimum absolute atomic E-state index is 0. The molecule has 0 saturated heterocycles. The largest absolute Gasteiger partial charge is 0.489 e. The molecular weight excluding hydrogens is 600 g/mol. The van der Waals surface area contributed by atoms with Crippen molar-refractivity contribution in [2.45, 2.75) is 52.0 Å². The van der Waals surface area contributed by atoms with Crippen LogP contribution in [-0.2, 0) is 19.1 Å². The van der Waals surface area contributed by atoms with Crippen molar-refractivity contribution in [3.63, 3.8) is 0 Å². The molecule has 11 nitrogen and oxygen atoms in total. The third-order valence-electron chi connectivity index (χ3n) is 6.83. The number of aromatic amines is 2. The summed E-state index contributed by atoms with van der Waals surface area (Å²) >= 11 is 0. The topological polar surface area (TPSA) is 158 Å². The molecule has 2 atom stereocenters. The summed E-state index contributed by atoms with van der Waals surface area (Å²) in [6.45, 7) is 8.99. The molecule has 0 spiro atoms. The average Bonchev–Trinajstić information content (AvgIpc) is 3.78. The van der Waals surface area contributed by atoms with Crippen molar-refractivity contribution in [1.29, 1.82) is 0 Å². The lowest BCUT2D eigenvalue weighted by Gasteiger charge is -2.21. The van der Waals surface area contributed by atoms with Crippen molar-refractivity contribution < 1.29 is 34.0 Å². The van der Waals surface area contributed by atoms with Crippen LogP contribution in [0.3, 0.4) is 0 Å². The van der Waals surface area contributed by atoms with E-state index in [9.17, 15) is 9.59 Å². The molecule has 0 fully saturated rings. The second-order valence-corrected chi connectivity index (χ2v) is 11.4. The molecule has 4 rings (SSSR count). The zero-order valence-corrected chi connectivity index (χ0v) is 27.3. The predicted molar refractivity (Wildman–Crippen MR) is 182 cm³/mol. The van der Waals surface area contributed by atoms with Gasteiger partial charge in [-0.1, -0.05) is 52.0 Å². The summed E-state index contributed by atoms with van der Waals surface area (Å²) in [6, 6.07) is 23.4. The lowest BCUT2D eigenvalue weighted by molar-refractivity contribution is -0.147. The number of nitrogens with one attached hydrogen (secondary N) is 4. The third kappa shape index (κ3) is 12.1. The second kappa shape index (κ2) is 19.0. The van der Waals surface area contributed by atoms with Crippen molar-refractivity contribution in [3.05, 3.63) is 97.3 Å². The Labute approximate surface area is 276 Å². The molecule has 11 heteroatoms. The van der Waals surface area contributed by atoms with Crippen molar-refractivity contribution in [3.8, 4) is 34.0 Å². The Morgan fingerprint density at radius 1 is 0.638 bits per heavy atom. The molecule has 252 valence electrons. The first-order valence-corrected chi connectivity index (χ1v) is 15.6. The van der Waals surface area contributed by atoms with Crippen LogP contribution in [0.4, 0.5) is 0 Å². The molecule has 2 aromatic heterocycles. The first kappa shape index (κ1) is 36.6. The first-order chi connectivity index (χ1) is 22.3. The zero-order chi connectivity index (χ0) is 32.7. The Morgan fingerprint density at radius 3 is 1.40 bits per heavy atom. The van der Waals surface area contributed by atoms with E-state index in [-0.39, 0.29) is 30.8 Å². The van der Waals surface area contributed by atoms with Gasteiger partial charge < -0.3 is 45.0 Å². The Balaban J connectivity index is 0.00000600. The summed E-state index contributed by atoms with van der Waals surface area (Å²) in [6.07, 6.45) is 4.63. The van der Waals surface area contributed by atoms with Crippen LogP contribution in [0, 0.1) is 0 Å². The Bertz CT molecular complexity index is 1400. The highest BCUT2D eigenvalue weighted by Crippen LogP contribution is 2.29. The highest BCUT2D eigenvalue weighted by atomic mass is 16.6. The lowest BCUT2D eigenvalue weighted by Crippen LogP contribution is -2.38. The van der Waals surface area contributed by atoms with Gasteiger partial charge in [-0.2, -0.15) is 0 Å². The highest BCUT2D eigenvalue weighted by molar-refractivity contribution is 5.91. The number of rotatable bonds is 18. The van der Waals surface area contributed by atoms with Crippen LogP contribution in [-0.4, -0.2) is 78.0 Å². The van der Waals surface area contributed by atoms with E-state index in [1.54, 1.807) is 0 Å². The van der Waals surface area contributed by atoms with Gasteiger partial charge in [0.05, 0.1) is 0 Å². The molecule has 0 saturated carbocycles. The minimum Gasteiger partial charge on any atom is -0.489 e. The molecule has 0 aliphatic heterocycles. The third-order valence-corrected chi connectivity index (χ3v) is 6.83. The first-order valence-electron chi connectivity index (χ1n) is 15.6. The predicted octanol–water partition coefficient (Wildman–Crippen LogP) is 4.69. The van der Waals surface area contributed by atoms with Crippen molar-refractivity contribution in [2.75, 3.05) is 26.3 Å². The normalized spacial score (nSPS) is 12.5. The molecule has 47 heavy (non-hydrogen) atoms. The van der Waals surface area contributed by atoms with Crippen LogP contribution >= 0.6 is 0 Å². The highest BCUT2D eigenvalue weighted by Gasteiger charge is 2.19. The van der Waals surface area contributed by atoms with Gasteiger partial charge in [-0.3, -0.25) is 0 Å². The van der Waals surface area contributed by atoms with Crippen molar-refractivity contribution in [1.82, 2.24) is 20.6 Å². The maximum absolute atomic E-state index is 12.8. The Morgan fingerprint density at radius 2 is 1.04 bits per heavy atom. The number of carbonyl (C=O) groups excluding carboxylic acids is 2. The number of H-pyrrole nitrogens is 2. The van der Waals surface area contributed by atoms with E-state index in [2.05, 4.69) is 20.6 Å². The quantitative estimate of drug-likeness (QED) is 0.0896. The van der Waals surface area contributed by atoms with Gasteiger partial charge in [-0.25, -0.2) is 9.59 Å². The number of hydrogen-bond donors (Lipinski definition) is 4. The molecule has 6 N–H and O–H groups in total. The molecule has 0 aliphatic rings. The van der Waals surface area contributed by atoms with Gasteiger partial charge >= 0.3 is 11.9 Å². The Kier molecular flexibility index (Phi) is 14.8. The Hall–Kier alpha value is -4.84. The molecule has 0 bridgehead atoms. The molecule has 0 amide bonds. The summed E-state index contributed by atoms with van der Waals surface area (Å²) in [5.74, 6) is -0.0367. The summed E-state index contributed by atoms with van der Waals surface area (Å²) in [5.41, 5.74) is 3.64. The fourth-order valence-electron chi connectivity index (χ4n) is 4.54. The number of para-hydroxylation sites is 2. The average molecular weight is 647 g/mol. The van der Waals surface area contributed by atoms with Gasteiger partial charge in [0.15, 0.2) is 0 Å². The number of esters is 2. The summed E-state index contributed by atoms with van der Waals surface area (Å²) in [4.78, 5) is 31.9. The fraction of sp³-hybridized carbons (Fsp3) is 0.333. The number of benzene rings is 2. The molecular formula is C36H46N4O7. The van der Waals surface area contributed by atoms with E-state index in [1.165, 1.54) is 0 Å². The van der Waals surface area contributed by atoms with E-state index in [1.807, 2.05) is 113 Å². The molecule has 2 aromatic carbocycles. The SMILES string of the molecule is CC(C)NCC(COc1ccccc1-c1ccc[nH]1)OC(=O)/C=C/C(=O)OC(CNC(C)C)COc1ccccc1-c1ccc[nH]1.O. The maximum Gasteiger partial charge on any atom is 0.331 e. The van der Waals surface area contributed by atoms with Gasteiger partial charge in [0.25, 0.3) is 0 Å². The molecule has 0 radical (unpaired) electrons. The zero-order valence-electron chi connectivity index (χ0n) is 27.3. The minimum atomic E-state index is -0.679. The van der Waals surface area contributed by atoms with E-state index in [0.717, 1.165) is 34.7 Å². The molecule has 4 aromatic rings. The van der Waals surface area contributed by atoms with Gasteiger partial charge in [-0.15, -0.1) is 0 Å². The number of hydrogen-bond acceptors (Lipinski definition) is 8. The van der Waals surface area contributed by atoms with Crippen LogP contribution in [0.15, 0.2) is 97.3 Å². The van der Waals surface area contributed by atoms with Gasteiger partial charge in [-0.05, 0) is 48.5 Å². The van der Waals surface area contributed by atoms with Crippen LogP contribution < -0.4 is 20.1 Å². The number of aromatic nitrogens is 2. The standard InChI is InChI=1S/C36H44N4O6.H2O/c1-25(2)39-21-27(23-43-33-15-7-5-11-29(33)31-13-9-19-37-31)45-35(41)17-18-36(42)46-28(22-40-26(3)4)24-44-34-16-8-6-12-30(34)32-14-10-20-38-32;/h5-20,25-28,37-40H,21-24H2,1-4H3;1H2/b18-17+;. The number of carbonyl (C=O) groups is 2. The lowest BCUT2D eigenvalue weighted by atomic mass is 10.1. The molecule has 2 heterocycles. The van der Waals surface area contributed by atoms with Crippen LogP contribution in [0.2, 0.25) is 0 Å². The van der Waals surface area contributed by atoms with Crippen LogP contribution in [0.25, 0.3) is 22.5 Å². The van der Waals surface area contributed by atoms with E-state index < -0.39 is 24.1 Å². The number of ether oxygens (including phenoxy) is 4. The molecule has 0 aliphatic carbocycles. The van der Waals surface area contributed by atoms with E-state index in [0.29, 0.717) is 24.6 Å². The molecule has 2 unspecified atom stereocenters. The van der Waals surface area contributed by atoms with E-state index in [4.69, 9.17) is 18.9 Å². The van der Waals surface area contributed by atoms with Gasteiger partial charge in [0.1, 0.15) is 36.9 Å². The fourth-order valence-corrected chi connectivity index (χ4v) is 4.54. The van der Waals surface area contributed by atoms with Crippen molar-refractivity contribution in [2.24, 2.45) is 0 Å². The van der Waals surface area contributed by atoms with E-state index >= 15 is 0 Å².